The summed E-state index contributed by atoms with van der Waals surface area (Å²) in [5, 5.41) is 0. The maximum atomic E-state index is 11.4. The zero-order valence-corrected chi connectivity index (χ0v) is 10.0. The van der Waals surface area contributed by atoms with E-state index < -0.39 is 11.5 Å². The number of hydrazine groups is 1. The Morgan fingerprint density at radius 3 is 1.93 bits per heavy atom. The van der Waals surface area contributed by atoms with Gasteiger partial charge in [0.25, 0.3) is 5.91 Å². The minimum atomic E-state index is -0.606. The van der Waals surface area contributed by atoms with Crippen LogP contribution in [0.5, 0.6) is 0 Å². The maximum absolute atomic E-state index is 11.4. The third kappa shape index (κ3) is 4.78. The van der Waals surface area contributed by atoms with Gasteiger partial charge >= 0.3 is 0 Å². The summed E-state index contributed by atoms with van der Waals surface area (Å²) in [7, 11) is 0. The monoisotopic (exact) mass is 215 g/mol. The summed E-state index contributed by atoms with van der Waals surface area (Å²) in [6.45, 7) is 8.97. The molecule has 1 atom stereocenters. The molecule has 0 aliphatic heterocycles. The predicted molar refractivity (Wildman–Crippen MR) is 58.6 cm³/mol. The largest absolute Gasteiger partial charge is 0.320 e. The zero-order valence-electron chi connectivity index (χ0n) is 10.0. The SMILES string of the molecule is CC(C)C(N)C(=O)NNC(=O)C(C)(C)C. The van der Waals surface area contributed by atoms with E-state index in [4.69, 9.17) is 5.73 Å². The van der Waals surface area contributed by atoms with Crippen LogP contribution in [0.3, 0.4) is 0 Å². The van der Waals surface area contributed by atoms with Crippen LogP contribution < -0.4 is 16.6 Å². The van der Waals surface area contributed by atoms with E-state index in [2.05, 4.69) is 10.9 Å². The zero-order chi connectivity index (χ0) is 12.2. The fraction of sp³-hybridized carbons (Fsp3) is 0.800. The van der Waals surface area contributed by atoms with Crippen LogP contribution in [-0.4, -0.2) is 17.9 Å². The van der Waals surface area contributed by atoms with E-state index >= 15 is 0 Å². The van der Waals surface area contributed by atoms with Crippen molar-refractivity contribution in [2.24, 2.45) is 17.1 Å². The molecular formula is C10H21N3O2. The Kier molecular flexibility index (Phi) is 4.74. The Hall–Kier alpha value is -1.10. The first-order valence-electron chi connectivity index (χ1n) is 5.02. The van der Waals surface area contributed by atoms with Gasteiger partial charge in [-0.15, -0.1) is 0 Å². The normalized spacial score (nSPS) is 13.5. The highest BCUT2D eigenvalue weighted by atomic mass is 16.2. The van der Waals surface area contributed by atoms with Gasteiger partial charge in [-0.25, -0.2) is 0 Å². The van der Waals surface area contributed by atoms with Gasteiger partial charge in [-0.05, 0) is 5.92 Å². The Labute approximate surface area is 90.8 Å². The molecule has 1 unspecified atom stereocenters. The molecule has 0 spiro atoms. The fourth-order valence-electron chi connectivity index (χ4n) is 0.692. The van der Waals surface area contributed by atoms with Crippen molar-refractivity contribution < 1.29 is 9.59 Å². The van der Waals surface area contributed by atoms with Crippen LogP contribution in [0.25, 0.3) is 0 Å². The average molecular weight is 215 g/mol. The Balaban J connectivity index is 4.08. The lowest BCUT2D eigenvalue weighted by Gasteiger charge is -2.20. The molecule has 5 heteroatoms. The van der Waals surface area contributed by atoms with Crippen LogP contribution in [0.2, 0.25) is 0 Å². The molecule has 0 aromatic heterocycles. The number of nitrogens with one attached hydrogen (secondary N) is 2. The van der Waals surface area contributed by atoms with Gasteiger partial charge in [0.05, 0.1) is 6.04 Å². The molecule has 0 aliphatic rings. The van der Waals surface area contributed by atoms with Gasteiger partial charge in [-0.2, -0.15) is 0 Å². The molecule has 0 aromatic carbocycles. The van der Waals surface area contributed by atoms with Crippen molar-refractivity contribution in [3.8, 4) is 0 Å². The molecule has 0 saturated carbocycles. The first-order valence-corrected chi connectivity index (χ1v) is 5.02. The lowest BCUT2D eigenvalue weighted by molar-refractivity contribution is -0.134. The van der Waals surface area contributed by atoms with Crippen LogP contribution >= 0.6 is 0 Å². The van der Waals surface area contributed by atoms with E-state index in [0.717, 1.165) is 0 Å². The van der Waals surface area contributed by atoms with Crippen LogP contribution in [0.4, 0.5) is 0 Å². The average Bonchev–Trinajstić information content (AvgIpc) is 2.10. The summed E-state index contributed by atoms with van der Waals surface area (Å²) in [6, 6.07) is -0.606. The minimum absolute atomic E-state index is 0.0385. The number of carbonyl (C=O) groups excluding carboxylic acids is 2. The molecule has 88 valence electrons. The highest BCUT2D eigenvalue weighted by Gasteiger charge is 2.23. The van der Waals surface area contributed by atoms with Gasteiger partial charge in [-0.1, -0.05) is 34.6 Å². The second-order valence-electron chi connectivity index (χ2n) is 4.96. The molecule has 0 aromatic rings. The molecule has 2 amide bonds. The molecule has 0 aliphatic carbocycles. The van der Waals surface area contributed by atoms with E-state index in [1.165, 1.54) is 0 Å². The lowest BCUT2D eigenvalue weighted by Crippen LogP contribution is -2.53. The lowest BCUT2D eigenvalue weighted by atomic mass is 9.96. The number of hydrogen-bond donors (Lipinski definition) is 3. The van der Waals surface area contributed by atoms with Gasteiger partial charge in [0.15, 0.2) is 0 Å². The van der Waals surface area contributed by atoms with Gasteiger partial charge in [-0.3, -0.25) is 20.4 Å². The maximum Gasteiger partial charge on any atom is 0.255 e. The number of hydrogen-bond acceptors (Lipinski definition) is 3. The Morgan fingerprint density at radius 1 is 1.13 bits per heavy atom. The van der Waals surface area contributed by atoms with Crippen LogP contribution in [0.15, 0.2) is 0 Å². The van der Waals surface area contributed by atoms with Crippen molar-refractivity contribution in [1.82, 2.24) is 10.9 Å². The Bertz CT molecular complexity index is 244. The number of carbonyl (C=O) groups is 2. The van der Waals surface area contributed by atoms with Crippen molar-refractivity contribution >= 4 is 11.8 Å². The first kappa shape index (κ1) is 13.9. The first-order chi connectivity index (χ1) is 6.66. The molecule has 0 saturated heterocycles. The molecule has 0 heterocycles. The van der Waals surface area contributed by atoms with Crippen molar-refractivity contribution in [2.75, 3.05) is 0 Å². The molecule has 4 N–H and O–H groups in total. The number of nitrogens with two attached hydrogens (primary N) is 1. The van der Waals surface area contributed by atoms with Crippen LogP contribution in [0, 0.1) is 11.3 Å². The van der Waals surface area contributed by atoms with Gasteiger partial charge < -0.3 is 5.73 Å². The van der Waals surface area contributed by atoms with Crippen LogP contribution in [0.1, 0.15) is 34.6 Å². The number of amides is 2. The highest BCUT2D eigenvalue weighted by Crippen LogP contribution is 2.11. The molecule has 15 heavy (non-hydrogen) atoms. The smallest absolute Gasteiger partial charge is 0.255 e. The van der Waals surface area contributed by atoms with Crippen molar-refractivity contribution in [1.29, 1.82) is 0 Å². The molecule has 5 nitrogen and oxygen atoms in total. The quantitative estimate of drug-likeness (QED) is 0.574. The summed E-state index contributed by atoms with van der Waals surface area (Å²) >= 11 is 0. The predicted octanol–water partition coefficient (Wildman–Crippen LogP) is 0.163. The Morgan fingerprint density at radius 2 is 1.60 bits per heavy atom. The summed E-state index contributed by atoms with van der Waals surface area (Å²) in [6.07, 6.45) is 0. The van der Waals surface area contributed by atoms with Gasteiger partial charge in [0, 0.05) is 5.41 Å². The summed E-state index contributed by atoms with van der Waals surface area (Å²) in [5.41, 5.74) is 9.71. The minimum Gasteiger partial charge on any atom is -0.320 e. The fourth-order valence-corrected chi connectivity index (χ4v) is 0.692. The summed E-state index contributed by atoms with van der Waals surface area (Å²) in [5.74, 6) is -0.578. The van der Waals surface area contributed by atoms with Crippen molar-refractivity contribution in [3.05, 3.63) is 0 Å². The highest BCUT2D eigenvalue weighted by molar-refractivity contribution is 5.87. The number of rotatable bonds is 2. The molecule has 0 radical (unpaired) electrons. The third-order valence-electron chi connectivity index (χ3n) is 2.00. The third-order valence-corrected chi connectivity index (χ3v) is 2.00. The molecule has 0 bridgehead atoms. The van der Waals surface area contributed by atoms with Gasteiger partial charge in [0.1, 0.15) is 0 Å². The van der Waals surface area contributed by atoms with E-state index in [9.17, 15) is 9.59 Å². The second kappa shape index (κ2) is 5.11. The van der Waals surface area contributed by atoms with E-state index in [-0.39, 0.29) is 17.7 Å². The standard InChI is InChI=1S/C10H21N3O2/c1-6(2)7(11)8(14)12-13-9(15)10(3,4)5/h6-7H,11H2,1-5H3,(H,12,14)(H,13,15). The van der Waals surface area contributed by atoms with Gasteiger partial charge in [0.2, 0.25) is 5.91 Å². The van der Waals surface area contributed by atoms with Crippen molar-refractivity contribution in [2.45, 2.75) is 40.7 Å². The topological polar surface area (TPSA) is 84.2 Å². The van der Waals surface area contributed by atoms with E-state index in [0.29, 0.717) is 0 Å². The summed E-state index contributed by atoms with van der Waals surface area (Å²) in [4.78, 5) is 22.8. The molecular weight excluding hydrogens is 194 g/mol. The molecule has 0 rings (SSSR count). The van der Waals surface area contributed by atoms with Crippen molar-refractivity contribution in [3.63, 3.8) is 0 Å². The van der Waals surface area contributed by atoms with E-state index in [1.807, 2.05) is 13.8 Å². The second-order valence-corrected chi connectivity index (χ2v) is 4.96. The summed E-state index contributed by atoms with van der Waals surface area (Å²) < 4.78 is 0. The van der Waals surface area contributed by atoms with Crippen LogP contribution in [-0.2, 0) is 9.59 Å². The van der Waals surface area contributed by atoms with E-state index in [1.54, 1.807) is 20.8 Å². The molecule has 0 fully saturated rings.